The summed E-state index contributed by atoms with van der Waals surface area (Å²) in [5.41, 5.74) is 3.02. The van der Waals surface area contributed by atoms with Gasteiger partial charge in [-0.25, -0.2) is 14.4 Å². The first-order valence-electron chi connectivity index (χ1n) is 12.2. The van der Waals surface area contributed by atoms with Crippen molar-refractivity contribution in [2.45, 2.75) is 0 Å². The fourth-order valence-corrected chi connectivity index (χ4v) is 4.15. The smallest absolute Gasteiger partial charge is 0.335 e. The maximum atomic E-state index is 12.7. The molecule has 5 rings (SSSR count). The molecule has 0 unspecified atom stereocenters. The minimum Gasteiger partial charge on any atom is -0.478 e. The quantitative estimate of drug-likeness (QED) is 0.231. The van der Waals surface area contributed by atoms with Crippen molar-refractivity contribution in [3.8, 4) is 0 Å². The number of nitrogens with zero attached hydrogens (tertiary/aromatic N) is 2. The average molecular weight is 563 g/mol. The fourth-order valence-electron chi connectivity index (χ4n) is 4.15. The molecule has 2 heterocycles. The van der Waals surface area contributed by atoms with E-state index in [1.807, 2.05) is 12.1 Å². The molecule has 0 bridgehead atoms. The van der Waals surface area contributed by atoms with E-state index in [1.54, 1.807) is 36.4 Å². The lowest BCUT2D eigenvalue weighted by Gasteiger charge is -2.13. The minimum absolute atomic E-state index is 0. The van der Waals surface area contributed by atoms with E-state index in [1.165, 1.54) is 18.2 Å². The second-order valence-electron chi connectivity index (χ2n) is 8.74. The Labute approximate surface area is 235 Å². The maximum absolute atomic E-state index is 12.7. The van der Waals surface area contributed by atoms with Crippen molar-refractivity contribution in [2.75, 3.05) is 47.4 Å². The Morgan fingerprint density at radius 3 is 1.50 bits per heavy atom. The van der Waals surface area contributed by atoms with Gasteiger partial charge in [-0.05, 0) is 42.5 Å². The molecule has 0 saturated carbocycles. The second kappa shape index (κ2) is 12.6. The summed E-state index contributed by atoms with van der Waals surface area (Å²) in [6.07, 6.45) is 0. The third-order valence-electron chi connectivity index (χ3n) is 5.83. The summed E-state index contributed by atoms with van der Waals surface area (Å²) in [4.78, 5) is 45.8. The van der Waals surface area contributed by atoms with Crippen molar-refractivity contribution in [3.05, 3.63) is 83.4 Å². The van der Waals surface area contributed by atoms with Gasteiger partial charge in [0.1, 0.15) is 11.7 Å². The summed E-state index contributed by atoms with van der Waals surface area (Å²) in [6, 6.07) is 17.3. The first-order valence-corrected chi connectivity index (χ1v) is 12.2. The summed E-state index contributed by atoms with van der Waals surface area (Å²) in [6.45, 7) is 2.92. The number of anilines is 4. The fraction of sp³-hybridized carbons (Fsp3) is 0.148. The molecule has 206 valence electrons. The molecule has 12 nitrogen and oxygen atoms in total. The number of hydrogen-bond acceptors (Lipinski definition) is 7. The van der Waals surface area contributed by atoms with E-state index in [4.69, 9.17) is 0 Å². The monoisotopic (exact) mass is 562 g/mol. The molecule has 4 amide bonds. The summed E-state index contributed by atoms with van der Waals surface area (Å²) in [5, 5.41) is 26.6. The molecule has 3 aromatic rings. The van der Waals surface area contributed by atoms with Gasteiger partial charge in [0.05, 0.1) is 18.7 Å². The van der Waals surface area contributed by atoms with E-state index in [9.17, 15) is 19.5 Å². The number of carboxylic acid groups (broad SMARTS) is 1. The third kappa shape index (κ3) is 7.05. The summed E-state index contributed by atoms with van der Waals surface area (Å²) < 4.78 is 0. The Kier molecular flexibility index (Phi) is 8.82. The van der Waals surface area contributed by atoms with Gasteiger partial charge in [0.25, 0.3) is 0 Å². The van der Waals surface area contributed by atoms with Crippen LogP contribution in [0.15, 0.2) is 76.7 Å². The van der Waals surface area contributed by atoms with Gasteiger partial charge in [0.2, 0.25) is 0 Å². The summed E-state index contributed by atoms with van der Waals surface area (Å²) in [5.74, 6) is 0.313. The van der Waals surface area contributed by atoms with Crippen LogP contribution in [0.25, 0.3) is 0 Å². The van der Waals surface area contributed by atoms with E-state index in [0.29, 0.717) is 24.5 Å². The Bertz CT molecular complexity index is 1410. The van der Waals surface area contributed by atoms with Crippen LogP contribution in [0.4, 0.5) is 32.3 Å². The number of benzene rings is 3. The Hall–Kier alpha value is -5.10. The van der Waals surface area contributed by atoms with E-state index in [2.05, 4.69) is 41.9 Å². The van der Waals surface area contributed by atoms with Gasteiger partial charge in [0.15, 0.2) is 0 Å². The number of amides is 4. The van der Waals surface area contributed by atoms with Crippen LogP contribution in [-0.4, -0.2) is 61.0 Å². The molecule has 40 heavy (non-hydrogen) atoms. The zero-order chi connectivity index (χ0) is 27.2. The Morgan fingerprint density at radius 1 is 0.650 bits per heavy atom. The lowest BCUT2D eigenvalue weighted by Crippen LogP contribution is -2.22. The molecule has 0 saturated heterocycles. The molecule has 2 aliphatic rings. The highest BCUT2D eigenvalue weighted by Crippen LogP contribution is 2.21. The number of carboxylic acids is 1. The lowest BCUT2D eigenvalue weighted by molar-refractivity contribution is 0.0697. The molecular weight excluding hydrogens is 536 g/mol. The number of nitrogens with one attached hydrogen (secondary N) is 6. The number of carbonyl (C=O) groups excluding carboxylic acids is 2. The largest absolute Gasteiger partial charge is 0.478 e. The number of rotatable bonds is 7. The highest BCUT2D eigenvalue weighted by molar-refractivity contribution is 6.06. The number of halogens is 1. The van der Waals surface area contributed by atoms with Crippen molar-refractivity contribution in [1.29, 1.82) is 0 Å². The van der Waals surface area contributed by atoms with Crippen molar-refractivity contribution >= 4 is 64.9 Å². The van der Waals surface area contributed by atoms with Gasteiger partial charge >= 0.3 is 18.0 Å². The van der Waals surface area contributed by atoms with Crippen molar-refractivity contribution < 1.29 is 19.5 Å². The van der Waals surface area contributed by atoms with E-state index in [0.717, 1.165) is 35.9 Å². The van der Waals surface area contributed by atoms with Gasteiger partial charge < -0.3 is 37.0 Å². The molecule has 0 atom stereocenters. The molecular formula is C27H27ClN8O4. The van der Waals surface area contributed by atoms with Crippen molar-refractivity contribution in [1.82, 2.24) is 10.6 Å². The molecule has 2 aliphatic heterocycles. The molecule has 0 aliphatic carbocycles. The van der Waals surface area contributed by atoms with Crippen LogP contribution in [-0.2, 0) is 0 Å². The van der Waals surface area contributed by atoms with Crippen LogP contribution in [0.3, 0.4) is 0 Å². The third-order valence-corrected chi connectivity index (χ3v) is 5.83. The number of hydrogen-bond donors (Lipinski definition) is 7. The van der Waals surface area contributed by atoms with Crippen LogP contribution in [0.1, 0.15) is 21.5 Å². The summed E-state index contributed by atoms with van der Waals surface area (Å²) in [7, 11) is 0. The van der Waals surface area contributed by atoms with Gasteiger partial charge in [-0.15, -0.1) is 12.4 Å². The molecule has 13 heteroatoms. The predicted molar refractivity (Wildman–Crippen MR) is 158 cm³/mol. The number of amidine groups is 2. The molecule has 3 aromatic carbocycles. The Balaban J connectivity index is 0.00000370. The molecule has 0 aromatic heterocycles. The number of carbonyl (C=O) groups is 3. The number of urea groups is 2. The topological polar surface area (TPSA) is 168 Å². The first kappa shape index (κ1) is 27.9. The van der Waals surface area contributed by atoms with E-state index in [-0.39, 0.29) is 29.3 Å². The van der Waals surface area contributed by atoms with Crippen LogP contribution >= 0.6 is 12.4 Å². The van der Waals surface area contributed by atoms with E-state index >= 15 is 0 Å². The zero-order valence-corrected chi connectivity index (χ0v) is 22.0. The highest BCUT2D eigenvalue weighted by atomic mass is 35.5. The van der Waals surface area contributed by atoms with Crippen LogP contribution < -0.4 is 31.9 Å². The van der Waals surface area contributed by atoms with Gasteiger partial charge in [-0.3, -0.25) is 9.98 Å². The van der Waals surface area contributed by atoms with Gasteiger partial charge in [0, 0.05) is 47.0 Å². The SMILES string of the molecule is Cl.O=C(Nc1cc(NC(=O)Nc2cccc(C3=NCCN3)c2)cc(C(=O)O)c1)Nc1cccc(C2=NCCN2)c1. The second-order valence-corrected chi connectivity index (χ2v) is 8.74. The Morgan fingerprint density at radius 2 is 1.10 bits per heavy atom. The average Bonchev–Trinajstić information content (AvgIpc) is 3.64. The normalized spacial score (nSPS) is 13.5. The zero-order valence-electron chi connectivity index (χ0n) is 21.2. The van der Waals surface area contributed by atoms with Gasteiger partial charge in [-0.2, -0.15) is 0 Å². The van der Waals surface area contributed by atoms with Crippen molar-refractivity contribution in [3.63, 3.8) is 0 Å². The minimum atomic E-state index is -1.21. The first-order chi connectivity index (χ1) is 18.9. The highest BCUT2D eigenvalue weighted by Gasteiger charge is 2.14. The van der Waals surface area contributed by atoms with E-state index < -0.39 is 18.0 Å². The molecule has 0 radical (unpaired) electrons. The number of aliphatic imine (C=N–C) groups is 2. The van der Waals surface area contributed by atoms with Crippen LogP contribution in [0, 0.1) is 0 Å². The standard InChI is InChI=1S/C27H26N8O4.ClH/c36-25(37)18-13-21(34-26(38)32-19-5-1-3-16(11-19)23-28-7-8-29-23)15-22(14-18)35-27(39)33-20-6-2-4-17(12-20)24-30-9-10-31-24;/h1-6,11-15H,7-10H2,(H,28,29)(H,30,31)(H,36,37)(H2,32,34,38)(H2,33,35,39);1H. The lowest BCUT2D eigenvalue weighted by atomic mass is 10.1. The van der Waals surface area contributed by atoms with Crippen LogP contribution in [0.5, 0.6) is 0 Å². The predicted octanol–water partition coefficient (Wildman–Crippen LogP) is 3.79. The molecule has 0 fully saturated rings. The molecule has 0 spiro atoms. The van der Waals surface area contributed by atoms with Crippen molar-refractivity contribution in [2.24, 2.45) is 9.98 Å². The maximum Gasteiger partial charge on any atom is 0.335 e. The summed E-state index contributed by atoms with van der Waals surface area (Å²) >= 11 is 0. The molecule has 7 N–H and O–H groups in total. The number of aromatic carboxylic acids is 1. The van der Waals surface area contributed by atoms with Crippen LogP contribution in [0.2, 0.25) is 0 Å². The van der Waals surface area contributed by atoms with Gasteiger partial charge in [-0.1, -0.05) is 24.3 Å².